The second-order valence-electron chi connectivity index (χ2n) is 3.47. The van der Waals surface area contributed by atoms with Gasteiger partial charge in [0.25, 0.3) is 0 Å². The first-order valence-corrected chi connectivity index (χ1v) is 6.25. The highest BCUT2D eigenvalue weighted by atomic mass is 127. The Morgan fingerprint density at radius 2 is 2.22 bits per heavy atom. The molecule has 0 saturated heterocycles. The maximum atomic E-state index is 11.9. The van der Waals surface area contributed by atoms with E-state index in [0.717, 1.165) is 6.07 Å². The number of carbonyl (C=O) groups is 1. The third-order valence-electron chi connectivity index (χ3n) is 2.29. The number of phenolic OH excluding ortho intramolecular Hbond substituents is 1. The molecule has 1 aromatic carbocycles. The quantitative estimate of drug-likeness (QED) is 0.657. The van der Waals surface area contributed by atoms with E-state index in [0.29, 0.717) is 3.57 Å². The monoisotopic (exact) mass is 360 g/mol. The number of hydrogen-bond acceptors (Lipinski definition) is 5. The highest BCUT2D eigenvalue weighted by molar-refractivity contribution is 14.1. The van der Waals surface area contributed by atoms with Crippen LogP contribution in [0.3, 0.4) is 0 Å². The topological polar surface area (TPSA) is 76.7 Å². The zero-order valence-corrected chi connectivity index (χ0v) is 11.6. The van der Waals surface area contributed by atoms with Gasteiger partial charge in [-0.15, -0.1) is 0 Å². The average molecular weight is 360 g/mol. The normalized spacial score (nSPS) is 10.6. The van der Waals surface area contributed by atoms with Crippen molar-refractivity contribution in [3.8, 4) is 5.75 Å². The van der Waals surface area contributed by atoms with E-state index in [9.17, 15) is 14.7 Å². The highest BCUT2D eigenvalue weighted by Gasteiger charge is 2.16. The van der Waals surface area contributed by atoms with Crippen LogP contribution in [0.5, 0.6) is 5.75 Å². The van der Waals surface area contributed by atoms with Crippen LogP contribution in [0.1, 0.15) is 17.5 Å². The summed E-state index contributed by atoms with van der Waals surface area (Å²) < 4.78 is 10.5. The van der Waals surface area contributed by atoms with Crippen molar-refractivity contribution in [3.63, 3.8) is 0 Å². The Bertz CT molecular complexity index is 674. The summed E-state index contributed by atoms with van der Waals surface area (Å²) in [6.45, 7) is 1.87. The number of phenols is 1. The lowest BCUT2D eigenvalue weighted by Gasteiger charge is -2.04. The Balaban J connectivity index is 2.68. The van der Waals surface area contributed by atoms with Crippen molar-refractivity contribution in [1.29, 1.82) is 0 Å². The molecule has 1 N–H and O–H groups in total. The number of hydrogen-bond donors (Lipinski definition) is 1. The van der Waals surface area contributed by atoms with Gasteiger partial charge in [0, 0.05) is 6.07 Å². The van der Waals surface area contributed by atoms with E-state index >= 15 is 0 Å². The molecule has 0 aliphatic carbocycles. The largest absolute Gasteiger partial charge is 0.507 e. The summed E-state index contributed by atoms with van der Waals surface area (Å²) in [7, 11) is 0. The Morgan fingerprint density at radius 1 is 1.50 bits per heavy atom. The van der Waals surface area contributed by atoms with Gasteiger partial charge in [0.15, 0.2) is 5.43 Å². The van der Waals surface area contributed by atoms with Gasteiger partial charge in [-0.2, -0.15) is 0 Å². The minimum atomic E-state index is -0.681. The fourth-order valence-corrected chi connectivity index (χ4v) is 2.22. The van der Waals surface area contributed by atoms with Crippen LogP contribution >= 0.6 is 22.6 Å². The second kappa shape index (κ2) is 4.97. The van der Waals surface area contributed by atoms with Crippen LogP contribution in [0.2, 0.25) is 0 Å². The summed E-state index contributed by atoms with van der Waals surface area (Å²) in [6, 6.07) is 3.92. The molecule has 1 heterocycles. The van der Waals surface area contributed by atoms with Crippen LogP contribution in [0.25, 0.3) is 11.0 Å². The van der Waals surface area contributed by atoms with Gasteiger partial charge in [0.2, 0.25) is 5.76 Å². The van der Waals surface area contributed by atoms with Crippen LogP contribution in [0.15, 0.2) is 27.4 Å². The molecule has 0 spiro atoms. The van der Waals surface area contributed by atoms with Gasteiger partial charge in [0.1, 0.15) is 11.3 Å². The van der Waals surface area contributed by atoms with Crippen molar-refractivity contribution in [2.75, 3.05) is 6.61 Å². The molecular weight excluding hydrogens is 351 g/mol. The number of esters is 1. The van der Waals surface area contributed by atoms with E-state index in [-0.39, 0.29) is 34.5 Å². The van der Waals surface area contributed by atoms with Crippen molar-refractivity contribution < 1.29 is 19.1 Å². The minimum Gasteiger partial charge on any atom is -0.507 e. The van der Waals surface area contributed by atoms with Crippen molar-refractivity contribution in [2.24, 2.45) is 0 Å². The first-order valence-electron chi connectivity index (χ1n) is 5.17. The number of benzene rings is 1. The molecule has 0 radical (unpaired) electrons. The predicted molar refractivity (Wildman–Crippen MR) is 72.8 cm³/mol. The van der Waals surface area contributed by atoms with Gasteiger partial charge in [-0.05, 0) is 41.6 Å². The molecule has 18 heavy (non-hydrogen) atoms. The minimum absolute atomic E-state index is 0.000662. The molecule has 0 fully saturated rings. The number of aromatic hydroxyl groups is 1. The Kier molecular flexibility index (Phi) is 3.55. The molecule has 2 aromatic rings. The third-order valence-corrected chi connectivity index (χ3v) is 3.38. The van der Waals surface area contributed by atoms with E-state index in [2.05, 4.69) is 0 Å². The summed E-state index contributed by atoms with van der Waals surface area (Å²) in [5.74, 6) is -0.824. The molecule has 5 nitrogen and oxygen atoms in total. The second-order valence-corrected chi connectivity index (χ2v) is 4.55. The molecule has 0 aliphatic heterocycles. The Labute approximate surface area is 116 Å². The van der Waals surface area contributed by atoms with Gasteiger partial charge in [-0.1, -0.05) is 0 Å². The van der Waals surface area contributed by atoms with E-state index in [1.807, 2.05) is 22.6 Å². The lowest BCUT2D eigenvalue weighted by Crippen LogP contribution is -2.10. The van der Waals surface area contributed by atoms with Crippen molar-refractivity contribution >= 4 is 39.5 Å². The Morgan fingerprint density at radius 3 is 2.89 bits per heavy atom. The van der Waals surface area contributed by atoms with Crippen LogP contribution in [0.4, 0.5) is 0 Å². The van der Waals surface area contributed by atoms with Gasteiger partial charge in [0.05, 0.1) is 15.6 Å². The van der Waals surface area contributed by atoms with Gasteiger partial charge < -0.3 is 14.3 Å². The molecule has 0 aliphatic rings. The SMILES string of the molecule is CCOC(=O)c1cc(=O)c2c(I)c(O)ccc2o1. The van der Waals surface area contributed by atoms with Crippen LogP contribution in [-0.2, 0) is 4.74 Å². The number of carbonyl (C=O) groups excluding carboxylic acids is 1. The summed E-state index contributed by atoms with van der Waals surface area (Å²) in [6.07, 6.45) is 0. The standard InChI is InChI=1S/C12H9IO5/c1-2-17-12(16)9-5-7(15)10-8(18-9)4-3-6(14)11(10)13/h3-5,14H,2H2,1H3. The maximum absolute atomic E-state index is 11.9. The fraction of sp³-hybridized carbons (Fsp3) is 0.167. The molecule has 94 valence electrons. The maximum Gasteiger partial charge on any atom is 0.374 e. The van der Waals surface area contributed by atoms with Crippen molar-refractivity contribution in [3.05, 3.63) is 37.8 Å². The van der Waals surface area contributed by atoms with Crippen LogP contribution in [-0.4, -0.2) is 17.7 Å². The lowest BCUT2D eigenvalue weighted by atomic mass is 10.2. The first kappa shape index (κ1) is 12.9. The van der Waals surface area contributed by atoms with Gasteiger partial charge in [-0.25, -0.2) is 4.79 Å². The van der Waals surface area contributed by atoms with E-state index < -0.39 is 5.97 Å². The highest BCUT2D eigenvalue weighted by Crippen LogP contribution is 2.26. The Hall–Kier alpha value is -1.57. The van der Waals surface area contributed by atoms with Crippen molar-refractivity contribution in [2.45, 2.75) is 6.92 Å². The van der Waals surface area contributed by atoms with Crippen LogP contribution < -0.4 is 5.43 Å². The van der Waals surface area contributed by atoms with Gasteiger partial charge >= 0.3 is 5.97 Å². The van der Waals surface area contributed by atoms with E-state index in [4.69, 9.17) is 9.15 Å². The summed E-state index contributed by atoms with van der Waals surface area (Å²) in [5.41, 5.74) is -0.146. The lowest BCUT2D eigenvalue weighted by molar-refractivity contribution is 0.0490. The molecule has 0 atom stereocenters. The van der Waals surface area contributed by atoms with Gasteiger partial charge in [-0.3, -0.25) is 4.79 Å². The first-order chi connectivity index (χ1) is 8.54. The zero-order chi connectivity index (χ0) is 13.3. The molecular formula is C12H9IO5. The summed E-state index contributed by atoms with van der Waals surface area (Å²) in [5, 5.41) is 9.78. The molecule has 0 saturated carbocycles. The summed E-state index contributed by atoms with van der Waals surface area (Å²) in [4.78, 5) is 23.4. The van der Waals surface area contributed by atoms with E-state index in [1.165, 1.54) is 12.1 Å². The third kappa shape index (κ3) is 2.20. The zero-order valence-electron chi connectivity index (χ0n) is 9.40. The number of ether oxygens (including phenoxy) is 1. The molecule has 2 rings (SSSR count). The molecule has 1 aromatic heterocycles. The van der Waals surface area contributed by atoms with Crippen LogP contribution in [0, 0.1) is 3.57 Å². The van der Waals surface area contributed by atoms with E-state index in [1.54, 1.807) is 6.92 Å². The number of rotatable bonds is 2. The smallest absolute Gasteiger partial charge is 0.374 e. The number of fused-ring (bicyclic) bond motifs is 1. The van der Waals surface area contributed by atoms with Crippen molar-refractivity contribution in [1.82, 2.24) is 0 Å². The summed E-state index contributed by atoms with van der Waals surface area (Å²) >= 11 is 1.85. The number of halogens is 1. The fourth-order valence-electron chi connectivity index (χ4n) is 1.50. The molecule has 0 amide bonds. The molecule has 0 bridgehead atoms. The molecule has 6 heteroatoms. The average Bonchev–Trinajstić information content (AvgIpc) is 2.33. The molecule has 0 unspecified atom stereocenters. The predicted octanol–water partition coefficient (Wildman–Crippen LogP) is 2.28.